The third-order valence-corrected chi connectivity index (χ3v) is 4.96. The quantitative estimate of drug-likeness (QED) is 0.614. The molecule has 0 saturated carbocycles. The van der Waals surface area contributed by atoms with Gasteiger partial charge in [0.05, 0.1) is 0 Å². The largest absolute Gasteiger partial charge is 0.478 e. The molecule has 7 heteroatoms. The SMILES string of the molecule is CC[C@@H](Oc1ccccc1F)C(=O)NCCSCc1c(F)cccc1Cl. The van der Waals surface area contributed by atoms with E-state index in [0.29, 0.717) is 35.1 Å². The van der Waals surface area contributed by atoms with E-state index >= 15 is 0 Å². The highest BCUT2D eigenvalue weighted by molar-refractivity contribution is 7.98. The van der Waals surface area contributed by atoms with Crippen LogP contribution < -0.4 is 10.1 Å². The minimum absolute atomic E-state index is 0.0538. The molecule has 0 unspecified atom stereocenters. The van der Waals surface area contributed by atoms with Crippen LogP contribution in [0.15, 0.2) is 42.5 Å². The molecule has 0 heterocycles. The van der Waals surface area contributed by atoms with Gasteiger partial charge in [-0.2, -0.15) is 11.8 Å². The molecule has 0 fully saturated rings. The van der Waals surface area contributed by atoms with Crippen molar-refractivity contribution < 1.29 is 18.3 Å². The van der Waals surface area contributed by atoms with Gasteiger partial charge in [-0.25, -0.2) is 8.78 Å². The lowest BCUT2D eigenvalue weighted by atomic mass is 10.2. The first kappa shape index (κ1) is 20.5. The van der Waals surface area contributed by atoms with E-state index in [1.807, 2.05) is 0 Å². The molecule has 1 N–H and O–H groups in total. The molecule has 0 aliphatic rings. The number of amides is 1. The number of hydrogen-bond donors (Lipinski definition) is 1. The zero-order valence-electron chi connectivity index (χ0n) is 14.3. The summed E-state index contributed by atoms with van der Waals surface area (Å²) in [6, 6.07) is 10.6. The van der Waals surface area contributed by atoms with Crippen LogP contribution in [-0.4, -0.2) is 24.3 Å². The molecule has 2 aromatic rings. The molecule has 140 valence electrons. The van der Waals surface area contributed by atoms with E-state index in [9.17, 15) is 13.6 Å². The fraction of sp³-hybridized carbons (Fsp3) is 0.316. The Hall–Kier alpha value is -1.79. The van der Waals surface area contributed by atoms with E-state index in [2.05, 4.69) is 5.32 Å². The zero-order chi connectivity index (χ0) is 18.9. The number of carbonyl (C=O) groups excluding carboxylic acids is 1. The summed E-state index contributed by atoms with van der Waals surface area (Å²) in [7, 11) is 0. The Kier molecular flexibility index (Phi) is 8.19. The second kappa shape index (κ2) is 10.4. The number of benzene rings is 2. The molecular formula is C19H20ClF2NO2S. The van der Waals surface area contributed by atoms with Gasteiger partial charge in [0.2, 0.25) is 0 Å². The molecule has 3 nitrogen and oxygen atoms in total. The molecule has 0 bridgehead atoms. The number of ether oxygens (including phenoxy) is 1. The first-order valence-corrected chi connectivity index (χ1v) is 9.75. The van der Waals surface area contributed by atoms with E-state index in [-0.39, 0.29) is 17.5 Å². The summed E-state index contributed by atoms with van der Waals surface area (Å²) in [5.74, 6) is -0.0793. The van der Waals surface area contributed by atoms with Gasteiger partial charge in [0.1, 0.15) is 5.82 Å². The number of thioether (sulfide) groups is 1. The third-order valence-electron chi connectivity index (χ3n) is 3.62. The van der Waals surface area contributed by atoms with Crippen molar-refractivity contribution in [2.24, 2.45) is 0 Å². The second-order valence-corrected chi connectivity index (χ2v) is 7.00. The number of para-hydroxylation sites is 1. The van der Waals surface area contributed by atoms with Crippen molar-refractivity contribution in [3.05, 3.63) is 64.7 Å². The van der Waals surface area contributed by atoms with Gasteiger partial charge in [-0.1, -0.05) is 36.7 Å². The number of nitrogens with one attached hydrogen (secondary N) is 1. The second-order valence-electron chi connectivity index (χ2n) is 5.49. The van der Waals surface area contributed by atoms with Gasteiger partial charge in [0.15, 0.2) is 17.7 Å². The minimum Gasteiger partial charge on any atom is -0.478 e. The first-order valence-electron chi connectivity index (χ1n) is 8.22. The van der Waals surface area contributed by atoms with Crippen LogP contribution in [0.25, 0.3) is 0 Å². The van der Waals surface area contributed by atoms with Crippen LogP contribution in [0.2, 0.25) is 5.02 Å². The first-order chi connectivity index (χ1) is 12.5. The molecule has 0 radical (unpaired) electrons. The van der Waals surface area contributed by atoms with Crippen LogP contribution in [0.5, 0.6) is 5.75 Å². The standard InChI is InChI=1S/C19H20ClF2NO2S/c1-2-17(25-18-9-4-3-7-16(18)22)19(24)23-10-11-26-12-13-14(20)6-5-8-15(13)21/h3-9,17H,2,10-12H2,1H3,(H,23,24)/t17-/m1/s1. The Morgan fingerprint density at radius 1 is 1.19 bits per heavy atom. The van der Waals surface area contributed by atoms with Crippen LogP contribution in [0.1, 0.15) is 18.9 Å². The summed E-state index contributed by atoms with van der Waals surface area (Å²) in [5, 5.41) is 3.15. The van der Waals surface area contributed by atoms with Crippen molar-refractivity contribution in [2.75, 3.05) is 12.3 Å². The van der Waals surface area contributed by atoms with Crippen molar-refractivity contribution in [3.63, 3.8) is 0 Å². The molecule has 26 heavy (non-hydrogen) atoms. The van der Waals surface area contributed by atoms with Crippen LogP contribution >= 0.6 is 23.4 Å². The normalized spacial score (nSPS) is 11.8. The minimum atomic E-state index is -0.766. The fourth-order valence-corrected chi connectivity index (χ4v) is 3.42. The van der Waals surface area contributed by atoms with Crippen LogP contribution in [0, 0.1) is 11.6 Å². The molecule has 2 aromatic carbocycles. The van der Waals surface area contributed by atoms with E-state index in [1.165, 1.54) is 30.0 Å². The Morgan fingerprint density at radius 3 is 2.62 bits per heavy atom. The fourth-order valence-electron chi connectivity index (χ4n) is 2.22. The highest BCUT2D eigenvalue weighted by Crippen LogP contribution is 2.23. The topological polar surface area (TPSA) is 38.3 Å². The predicted molar refractivity (Wildman–Crippen MR) is 102 cm³/mol. The van der Waals surface area contributed by atoms with Gasteiger partial charge in [-0.3, -0.25) is 4.79 Å². The van der Waals surface area contributed by atoms with Gasteiger partial charge in [0.25, 0.3) is 5.91 Å². The Labute approximate surface area is 161 Å². The molecule has 0 aliphatic heterocycles. The summed E-state index contributed by atoms with van der Waals surface area (Å²) in [6.45, 7) is 2.19. The average Bonchev–Trinajstić information content (AvgIpc) is 2.62. The van der Waals surface area contributed by atoms with Gasteiger partial charge in [0, 0.05) is 28.6 Å². The molecule has 1 atom stereocenters. The molecule has 1 amide bonds. The summed E-state index contributed by atoms with van der Waals surface area (Å²) < 4.78 is 32.7. The van der Waals surface area contributed by atoms with Gasteiger partial charge < -0.3 is 10.1 Å². The number of carbonyl (C=O) groups is 1. The van der Waals surface area contributed by atoms with Gasteiger partial charge in [-0.15, -0.1) is 0 Å². The van der Waals surface area contributed by atoms with Crippen molar-refractivity contribution in [1.29, 1.82) is 0 Å². The van der Waals surface area contributed by atoms with Gasteiger partial charge in [-0.05, 0) is 30.7 Å². The molecule has 0 aromatic heterocycles. The number of rotatable bonds is 9. The van der Waals surface area contributed by atoms with Crippen molar-refractivity contribution >= 4 is 29.3 Å². The number of hydrogen-bond acceptors (Lipinski definition) is 3. The number of halogens is 3. The maximum Gasteiger partial charge on any atom is 0.261 e. The summed E-state index contributed by atoms with van der Waals surface area (Å²) >= 11 is 7.44. The smallest absolute Gasteiger partial charge is 0.261 e. The van der Waals surface area contributed by atoms with Crippen LogP contribution in [0.3, 0.4) is 0 Å². The van der Waals surface area contributed by atoms with E-state index in [1.54, 1.807) is 31.2 Å². The molecular weight excluding hydrogens is 380 g/mol. The summed E-state index contributed by atoms with van der Waals surface area (Å²) in [4.78, 5) is 12.2. The Bertz CT molecular complexity index is 725. The third kappa shape index (κ3) is 5.88. The lowest BCUT2D eigenvalue weighted by molar-refractivity contribution is -0.128. The van der Waals surface area contributed by atoms with E-state index in [0.717, 1.165) is 0 Å². The van der Waals surface area contributed by atoms with Crippen LogP contribution in [0.4, 0.5) is 8.78 Å². The van der Waals surface area contributed by atoms with Crippen molar-refractivity contribution in [2.45, 2.75) is 25.2 Å². The van der Waals surface area contributed by atoms with Crippen LogP contribution in [-0.2, 0) is 10.5 Å². The lowest BCUT2D eigenvalue weighted by Crippen LogP contribution is -2.39. The summed E-state index contributed by atoms with van der Waals surface area (Å²) in [6.07, 6.45) is -0.351. The molecule has 0 aliphatic carbocycles. The highest BCUT2D eigenvalue weighted by Gasteiger charge is 2.19. The Morgan fingerprint density at radius 2 is 1.92 bits per heavy atom. The maximum atomic E-state index is 13.7. The molecule has 2 rings (SSSR count). The average molecular weight is 400 g/mol. The molecule has 0 spiro atoms. The zero-order valence-corrected chi connectivity index (χ0v) is 15.9. The summed E-state index contributed by atoms with van der Waals surface area (Å²) in [5.41, 5.74) is 0.458. The van der Waals surface area contributed by atoms with Crippen molar-refractivity contribution in [1.82, 2.24) is 5.32 Å². The predicted octanol–water partition coefficient (Wildman–Crippen LogP) is 4.83. The van der Waals surface area contributed by atoms with Gasteiger partial charge >= 0.3 is 0 Å². The Balaban J connectivity index is 1.76. The molecule has 0 saturated heterocycles. The maximum absolute atomic E-state index is 13.7. The van der Waals surface area contributed by atoms with E-state index < -0.39 is 11.9 Å². The van der Waals surface area contributed by atoms with E-state index in [4.69, 9.17) is 16.3 Å². The lowest BCUT2D eigenvalue weighted by Gasteiger charge is -2.17. The highest BCUT2D eigenvalue weighted by atomic mass is 35.5. The monoisotopic (exact) mass is 399 g/mol. The van der Waals surface area contributed by atoms with Crippen molar-refractivity contribution in [3.8, 4) is 5.75 Å².